The standard InChI is InChI=1S/C7H8FNS/c8-7-4-2-1-3-6(7)5-9-10/h1-4,9-10H,5H2. The predicted molar refractivity (Wildman–Crippen MR) is 42.2 cm³/mol. The van der Waals surface area contributed by atoms with E-state index in [-0.39, 0.29) is 5.82 Å². The van der Waals surface area contributed by atoms with Crippen molar-refractivity contribution in [3.8, 4) is 0 Å². The van der Waals surface area contributed by atoms with Gasteiger partial charge in [0.2, 0.25) is 0 Å². The van der Waals surface area contributed by atoms with Gasteiger partial charge in [0.25, 0.3) is 0 Å². The molecule has 0 spiro atoms. The van der Waals surface area contributed by atoms with Gasteiger partial charge in [-0.15, -0.1) is 0 Å². The lowest BCUT2D eigenvalue weighted by molar-refractivity contribution is 0.608. The zero-order valence-corrected chi connectivity index (χ0v) is 6.24. The number of hydrogen-bond donors (Lipinski definition) is 2. The number of hydrogen-bond acceptors (Lipinski definition) is 2. The summed E-state index contributed by atoms with van der Waals surface area (Å²) >= 11 is 3.76. The molecular weight excluding hydrogens is 149 g/mol. The van der Waals surface area contributed by atoms with Gasteiger partial charge in [0.05, 0.1) is 0 Å². The molecule has 0 atom stereocenters. The molecule has 0 heterocycles. The second-order valence-electron chi connectivity index (χ2n) is 1.93. The van der Waals surface area contributed by atoms with E-state index in [9.17, 15) is 4.39 Å². The van der Waals surface area contributed by atoms with E-state index in [1.54, 1.807) is 18.2 Å². The van der Waals surface area contributed by atoms with Gasteiger partial charge >= 0.3 is 0 Å². The maximum Gasteiger partial charge on any atom is 0.127 e. The first-order valence-electron chi connectivity index (χ1n) is 2.95. The summed E-state index contributed by atoms with van der Waals surface area (Å²) in [4.78, 5) is 0. The quantitative estimate of drug-likeness (QED) is 0.623. The summed E-state index contributed by atoms with van der Waals surface area (Å²) in [5.74, 6) is -0.191. The fourth-order valence-electron chi connectivity index (χ4n) is 0.727. The van der Waals surface area contributed by atoms with Crippen LogP contribution in [0.15, 0.2) is 24.3 Å². The highest BCUT2D eigenvalue weighted by molar-refractivity contribution is 7.78. The molecule has 1 N–H and O–H groups in total. The zero-order valence-electron chi connectivity index (χ0n) is 5.34. The summed E-state index contributed by atoms with van der Waals surface area (Å²) in [5, 5.41) is 0. The van der Waals surface area contributed by atoms with E-state index >= 15 is 0 Å². The number of benzene rings is 1. The Morgan fingerprint density at radius 2 is 2.10 bits per heavy atom. The van der Waals surface area contributed by atoms with Gasteiger partial charge in [-0.05, 0) is 6.07 Å². The second-order valence-corrected chi connectivity index (χ2v) is 2.24. The molecule has 0 aliphatic rings. The molecule has 1 aromatic carbocycles. The molecule has 1 rings (SSSR count). The van der Waals surface area contributed by atoms with Crippen molar-refractivity contribution in [3.63, 3.8) is 0 Å². The van der Waals surface area contributed by atoms with Crippen molar-refractivity contribution in [1.29, 1.82) is 0 Å². The Bertz CT molecular complexity index is 215. The van der Waals surface area contributed by atoms with Crippen LogP contribution in [0, 0.1) is 5.82 Å². The van der Waals surface area contributed by atoms with E-state index in [4.69, 9.17) is 0 Å². The van der Waals surface area contributed by atoms with E-state index in [2.05, 4.69) is 17.5 Å². The van der Waals surface area contributed by atoms with Crippen molar-refractivity contribution in [2.24, 2.45) is 0 Å². The molecule has 0 fully saturated rings. The highest BCUT2D eigenvalue weighted by Gasteiger charge is 1.96. The Morgan fingerprint density at radius 3 is 2.70 bits per heavy atom. The number of thiol groups is 1. The first-order chi connectivity index (χ1) is 4.84. The van der Waals surface area contributed by atoms with E-state index in [0.717, 1.165) is 0 Å². The number of rotatable bonds is 2. The summed E-state index contributed by atoms with van der Waals surface area (Å²) < 4.78 is 15.3. The Balaban J connectivity index is 2.81. The Morgan fingerprint density at radius 1 is 1.40 bits per heavy atom. The molecular formula is C7H8FNS. The van der Waals surface area contributed by atoms with Crippen LogP contribution in [0.1, 0.15) is 5.56 Å². The maximum absolute atomic E-state index is 12.7. The van der Waals surface area contributed by atoms with Gasteiger partial charge in [-0.1, -0.05) is 31.0 Å². The highest BCUT2D eigenvalue weighted by atomic mass is 32.1. The topological polar surface area (TPSA) is 12.0 Å². The van der Waals surface area contributed by atoms with Crippen LogP contribution in [-0.4, -0.2) is 0 Å². The average Bonchev–Trinajstić information content (AvgIpc) is 1.94. The van der Waals surface area contributed by atoms with E-state index in [1.807, 2.05) is 0 Å². The van der Waals surface area contributed by atoms with E-state index in [0.29, 0.717) is 12.1 Å². The average molecular weight is 157 g/mol. The molecule has 10 heavy (non-hydrogen) atoms. The minimum Gasteiger partial charge on any atom is -0.262 e. The van der Waals surface area contributed by atoms with Gasteiger partial charge in [0, 0.05) is 12.1 Å². The molecule has 1 nitrogen and oxygen atoms in total. The van der Waals surface area contributed by atoms with Gasteiger partial charge < -0.3 is 0 Å². The van der Waals surface area contributed by atoms with Crippen molar-refractivity contribution in [2.45, 2.75) is 6.54 Å². The third-order valence-electron chi connectivity index (χ3n) is 1.23. The molecule has 0 saturated carbocycles. The first kappa shape index (κ1) is 7.57. The second kappa shape index (κ2) is 3.58. The van der Waals surface area contributed by atoms with Crippen LogP contribution in [0.5, 0.6) is 0 Å². The summed E-state index contributed by atoms with van der Waals surface area (Å²) in [7, 11) is 0. The van der Waals surface area contributed by atoms with Crippen molar-refractivity contribution in [2.75, 3.05) is 0 Å². The van der Waals surface area contributed by atoms with E-state index < -0.39 is 0 Å². The van der Waals surface area contributed by atoms with Crippen LogP contribution in [-0.2, 0) is 6.54 Å². The van der Waals surface area contributed by atoms with Crippen molar-refractivity contribution < 1.29 is 4.39 Å². The molecule has 54 valence electrons. The molecule has 0 saturated heterocycles. The monoisotopic (exact) mass is 157 g/mol. The Kier molecular flexibility index (Phi) is 2.71. The van der Waals surface area contributed by atoms with Crippen molar-refractivity contribution in [1.82, 2.24) is 4.72 Å². The first-order valence-corrected chi connectivity index (χ1v) is 3.39. The van der Waals surface area contributed by atoms with Crippen LogP contribution in [0.4, 0.5) is 4.39 Å². The molecule has 1 aromatic rings. The molecule has 3 heteroatoms. The molecule has 0 aliphatic heterocycles. The molecule has 0 amide bonds. The van der Waals surface area contributed by atoms with Crippen LogP contribution < -0.4 is 4.72 Å². The molecule has 0 aromatic heterocycles. The van der Waals surface area contributed by atoms with Gasteiger partial charge in [-0.2, -0.15) is 0 Å². The smallest absolute Gasteiger partial charge is 0.127 e. The van der Waals surface area contributed by atoms with Gasteiger partial charge in [-0.3, -0.25) is 4.72 Å². The van der Waals surface area contributed by atoms with E-state index in [1.165, 1.54) is 6.07 Å². The fourth-order valence-corrected chi connectivity index (χ4v) is 0.897. The summed E-state index contributed by atoms with van der Waals surface area (Å²) in [5.41, 5.74) is 0.637. The van der Waals surface area contributed by atoms with Crippen LogP contribution >= 0.6 is 12.8 Å². The van der Waals surface area contributed by atoms with Gasteiger partial charge in [-0.25, -0.2) is 4.39 Å². The molecule has 0 unspecified atom stereocenters. The third-order valence-corrected chi connectivity index (χ3v) is 1.39. The molecule has 0 aliphatic carbocycles. The Hall–Kier alpha value is -0.540. The third kappa shape index (κ3) is 1.72. The predicted octanol–water partition coefficient (Wildman–Crippen LogP) is 1.76. The fraction of sp³-hybridized carbons (Fsp3) is 0.143. The summed E-state index contributed by atoms with van der Waals surface area (Å²) in [6.07, 6.45) is 0. The van der Waals surface area contributed by atoms with Crippen LogP contribution in [0.25, 0.3) is 0 Å². The largest absolute Gasteiger partial charge is 0.262 e. The molecule has 0 radical (unpaired) electrons. The number of nitrogens with one attached hydrogen (secondary N) is 1. The Labute approximate surface area is 64.8 Å². The summed E-state index contributed by atoms with van der Waals surface area (Å²) in [6, 6.07) is 6.61. The van der Waals surface area contributed by atoms with Crippen molar-refractivity contribution in [3.05, 3.63) is 35.6 Å². The van der Waals surface area contributed by atoms with Crippen molar-refractivity contribution >= 4 is 12.8 Å². The lowest BCUT2D eigenvalue weighted by atomic mass is 10.2. The lowest BCUT2D eigenvalue weighted by Crippen LogP contribution is -2.00. The minimum absolute atomic E-state index is 0.191. The van der Waals surface area contributed by atoms with Gasteiger partial charge in [0.1, 0.15) is 5.82 Å². The number of halogens is 1. The normalized spacial score (nSPS) is 9.80. The maximum atomic E-state index is 12.7. The lowest BCUT2D eigenvalue weighted by Gasteiger charge is -1.98. The van der Waals surface area contributed by atoms with Crippen LogP contribution in [0.2, 0.25) is 0 Å². The van der Waals surface area contributed by atoms with Gasteiger partial charge in [0.15, 0.2) is 0 Å². The van der Waals surface area contributed by atoms with Crippen LogP contribution in [0.3, 0.4) is 0 Å². The highest BCUT2D eigenvalue weighted by Crippen LogP contribution is 2.05. The zero-order chi connectivity index (χ0) is 7.40. The SMILES string of the molecule is Fc1ccccc1CNS. The molecule has 0 bridgehead atoms. The minimum atomic E-state index is -0.191. The summed E-state index contributed by atoms with van der Waals surface area (Å²) in [6.45, 7) is 0.454.